The van der Waals surface area contributed by atoms with Crippen LogP contribution in [0.5, 0.6) is 0 Å². The fourth-order valence-corrected chi connectivity index (χ4v) is 2.56. The van der Waals surface area contributed by atoms with Crippen LogP contribution in [0.2, 0.25) is 0 Å². The summed E-state index contributed by atoms with van der Waals surface area (Å²) in [5, 5.41) is 4.63. The van der Waals surface area contributed by atoms with E-state index in [4.69, 9.17) is 0 Å². The first-order valence-corrected chi connectivity index (χ1v) is 7.41. The van der Waals surface area contributed by atoms with Crippen LogP contribution in [-0.2, 0) is 19.5 Å². The van der Waals surface area contributed by atoms with Crippen LogP contribution in [-0.4, -0.2) is 21.1 Å². The van der Waals surface area contributed by atoms with Gasteiger partial charge in [-0.3, -0.25) is 4.98 Å². The fourth-order valence-electron chi connectivity index (χ4n) is 2.56. The van der Waals surface area contributed by atoms with Gasteiger partial charge in [-0.25, -0.2) is 4.98 Å². The van der Waals surface area contributed by atoms with Crippen molar-refractivity contribution >= 4 is 11.0 Å². The second-order valence-electron chi connectivity index (χ2n) is 5.11. The molecule has 0 spiro atoms. The Labute approximate surface area is 124 Å². The highest BCUT2D eigenvalue weighted by Gasteiger charge is 2.08. The fraction of sp³-hybridized carbons (Fsp3) is 0.294. The summed E-state index contributed by atoms with van der Waals surface area (Å²) in [6, 6.07) is 8.25. The van der Waals surface area contributed by atoms with Gasteiger partial charge in [0.2, 0.25) is 0 Å². The molecule has 4 nitrogen and oxygen atoms in total. The van der Waals surface area contributed by atoms with Gasteiger partial charge >= 0.3 is 0 Å². The second kappa shape index (κ2) is 6.50. The predicted octanol–water partition coefficient (Wildman–Crippen LogP) is 2.78. The molecule has 0 saturated heterocycles. The summed E-state index contributed by atoms with van der Waals surface area (Å²) in [6.07, 6.45) is 8.79. The first kappa shape index (κ1) is 13.8. The van der Waals surface area contributed by atoms with E-state index in [0.29, 0.717) is 0 Å². The summed E-state index contributed by atoms with van der Waals surface area (Å²) < 4.78 is 2.25. The Morgan fingerprint density at radius 2 is 2.10 bits per heavy atom. The summed E-state index contributed by atoms with van der Waals surface area (Å²) in [5.41, 5.74) is 3.63. The van der Waals surface area contributed by atoms with Gasteiger partial charge in [-0.1, -0.05) is 13.0 Å². The highest BCUT2D eigenvalue weighted by atomic mass is 15.0. The highest BCUT2D eigenvalue weighted by Crippen LogP contribution is 2.19. The molecular weight excluding hydrogens is 260 g/mol. The normalized spacial score (nSPS) is 11.1. The van der Waals surface area contributed by atoms with Gasteiger partial charge in [-0.15, -0.1) is 0 Å². The predicted molar refractivity (Wildman–Crippen MR) is 85.1 cm³/mol. The summed E-state index contributed by atoms with van der Waals surface area (Å²) in [7, 11) is 0. The number of nitrogens with one attached hydrogen (secondary N) is 1. The molecule has 0 saturated carbocycles. The highest BCUT2D eigenvalue weighted by molar-refractivity contribution is 5.80. The van der Waals surface area contributed by atoms with Crippen LogP contribution >= 0.6 is 0 Å². The maximum Gasteiger partial charge on any atom is 0.140 e. The van der Waals surface area contributed by atoms with Gasteiger partial charge in [-0.05, 0) is 42.3 Å². The summed E-state index contributed by atoms with van der Waals surface area (Å²) in [5.74, 6) is 0. The number of aromatic nitrogens is 3. The van der Waals surface area contributed by atoms with Crippen LogP contribution in [0.4, 0.5) is 0 Å². The van der Waals surface area contributed by atoms with Crippen LogP contribution < -0.4 is 5.32 Å². The minimum absolute atomic E-state index is 0.887. The van der Waals surface area contributed by atoms with E-state index in [0.717, 1.165) is 31.7 Å². The van der Waals surface area contributed by atoms with E-state index in [-0.39, 0.29) is 0 Å². The first-order chi connectivity index (χ1) is 10.4. The van der Waals surface area contributed by atoms with Crippen molar-refractivity contribution in [2.45, 2.75) is 26.4 Å². The van der Waals surface area contributed by atoms with Crippen LogP contribution in [0.25, 0.3) is 11.0 Å². The molecule has 3 aromatic rings. The van der Waals surface area contributed by atoms with E-state index in [1.165, 1.54) is 16.5 Å². The molecule has 108 valence electrons. The Hall–Kier alpha value is -2.20. The van der Waals surface area contributed by atoms with Crippen LogP contribution in [0, 0.1) is 0 Å². The van der Waals surface area contributed by atoms with Crippen molar-refractivity contribution in [3.63, 3.8) is 0 Å². The summed E-state index contributed by atoms with van der Waals surface area (Å²) in [4.78, 5) is 8.71. The monoisotopic (exact) mass is 280 g/mol. The number of aryl methyl sites for hydroxylation is 2. The van der Waals surface area contributed by atoms with Crippen LogP contribution in [0.1, 0.15) is 18.1 Å². The maximum atomic E-state index is 4.54. The molecule has 1 N–H and O–H groups in total. The SMILES string of the molecule is CCNCc1cn(CCc2cccnc2)c2ncccc12. The average Bonchev–Trinajstić information content (AvgIpc) is 2.90. The maximum absolute atomic E-state index is 4.54. The van der Waals surface area contributed by atoms with Gasteiger partial charge in [0, 0.05) is 43.3 Å². The van der Waals surface area contributed by atoms with Gasteiger partial charge in [0.25, 0.3) is 0 Å². The Kier molecular flexibility index (Phi) is 4.26. The molecule has 0 bridgehead atoms. The largest absolute Gasteiger partial charge is 0.332 e. The van der Waals surface area contributed by atoms with Crippen molar-refractivity contribution in [1.82, 2.24) is 19.9 Å². The van der Waals surface area contributed by atoms with Crippen molar-refractivity contribution in [2.24, 2.45) is 0 Å². The molecule has 21 heavy (non-hydrogen) atoms. The number of rotatable bonds is 6. The lowest BCUT2D eigenvalue weighted by atomic mass is 10.2. The lowest BCUT2D eigenvalue weighted by molar-refractivity contribution is 0.697. The Bertz CT molecular complexity index is 703. The number of fused-ring (bicyclic) bond motifs is 1. The van der Waals surface area contributed by atoms with Gasteiger partial charge in [0.05, 0.1) is 0 Å². The zero-order valence-electron chi connectivity index (χ0n) is 12.3. The van der Waals surface area contributed by atoms with Crippen molar-refractivity contribution in [1.29, 1.82) is 0 Å². The molecule has 0 aliphatic rings. The molecule has 0 atom stereocenters. The van der Waals surface area contributed by atoms with E-state index in [1.54, 1.807) is 0 Å². The minimum atomic E-state index is 0.887. The third-order valence-corrected chi connectivity index (χ3v) is 3.65. The lowest BCUT2D eigenvalue weighted by Crippen LogP contribution is -2.11. The molecule has 0 fully saturated rings. The minimum Gasteiger partial charge on any atom is -0.332 e. The molecule has 3 rings (SSSR count). The smallest absolute Gasteiger partial charge is 0.140 e. The second-order valence-corrected chi connectivity index (χ2v) is 5.11. The third-order valence-electron chi connectivity index (χ3n) is 3.65. The van der Waals surface area contributed by atoms with E-state index in [2.05, 4.69) is 45.1 Å². The van der Waals surface area contributed by atoms with Gasteiger partial charge in [0.1, 0.15) is 5.65 Å². The number of hydrogen-bond acceptors (Lipinski definition) is 3. The molecule has 4 heteroatoms. The zero-order chi connectivity index (χ0) is 14.5. The van der Waals surface area contributed by atoms with Crippen LogP contribution in [0.3, 0.4) is 0 Å². The first-order valence-electron chi connectivity index (χ1n) is 7.41. The molecular formula is C17H20N4. The third kappa shape index (κ3) is 3.11. The molecule has 0 unspecified atom stereocenters. The summed E-state index contributed by atoms with van der Waals surface area (Å²) >= 11 is 0. The lowest BCUT2D eigenvalue weighted by Gasteiger charge is -2.04. The molecule has 3 heterocycles. The van der Waals surface area contributed by atoms with E-state index < -0.39 is 0 Å². The Balaban J connectivity index is 1.84. The van der Waals surface area contributed by atoms with E-state index in [1.807, 2.05) is 30.7 Å². The molecule has 3 aromatic heterocycles. The summed E-state index contributed by atoms with van der Waals surface area (Å²) in [6.45, 7) is 4.91. The van der Waals surface area contributed by atoms with Crippen molar-refractivity contribution < 1.29 is 0 Å². The average molecular weight is 280 g/mol. The standard InChI is InChI=1S/C17H20N4/c1-2-18-12-15-13-21(17-16(15)6-4-9-20-17)10-7-14-5-3-8-19-11-14/h3-6,8-9,11,13,18H,2,7,10,12H2,1H3. The number of pyridine rings is 2. The topological polar surface area (TPSA) is 42.7 Å². The van der Waals surface area contributed by atoms with Crippen LogP contribution in [0.15, 0.2) is 49.1 Å². The number of nitrogens with zero attached hydrogens (tertiary/aromatic N) is 3. The van der Waals surface area contributed by atoms with Gasteiger partial charge in [-0.2, -0.15) is 0 Å². The van der Waals surface area contributed by atoms with Gasteiger partial charge in [0.15, 0.2) is 0 Å². The molecule has 0 radical (unpaired) electrons. The molecule has 0 aliphatic carbocycles. The zero-order valence-corrected chi connectivity index (χ0v) is 12.3. The molecule has 0 amide bonds. The van der Waals surface area contributed by atoms with Gasteiger partial charge < -0.3 is 9.88 Å². The van der Waals surface area contributed by atoms with E-state index >= 15 is 0 Å². The quantitative estimate of drug-likeness (QED) is 0.755. The van der Waals surface area contributed by atoms with Crippen molar-refractivity contribution in [2.75, 3.05) is 6.54 Å². The number of hydrogen-bond donors (Lipinski definition) is 1. The van der Waals surface area contributed by atoms with E-state index in [9.17, 15) is 0 Å². The molecule has 0 aromatic carbocycles. The Morgan fingerprint density at radius 3 is 2.90 bits per heavy atom. The molecule has 0 aliphatic heterocycles. The Morgan fingerprint density at radius 1 is 1.19 bits per heavy atom. The van der Waals surface area contributed by atoms with Crippen molar-refractivity contribution in [3.05, 3.63) is 60.2 Å². The van der Waals surface area contributed by atoms with Crippen molar-refractivity contribution in [3.8, 4) is 0 Å².